The summed E-state index contributed by atoms with van der Waals surface area (Å²) >= 11 is 0. The molecule has 1 aliphatic heterocycles. The van der Waals surface area contributed by atoms with Gasteiger partial charge in [-0.05, 0) is 13.6 Å². The Balaban J connectivity index is 1.73. The molecular weight excluding hydrogens is 216 g/mol. The number of nitrogens with two attached hydrogens (primary N) is 1. The fourth-order valence-electron chi connectivity index (χ4n) is 2.05. The van der Waals surface area contributed by atoms with Gasteiger partial charge < -0.3 is 20.0 Å². The molecule has 0 aliphatic carbocycles. The van der Waals surface area contributed by atoms with Gasteiger partial charge in [-0.2, -0.15) is 0 Å². The minimum absolute atomic E-state index is 0.629. The highest BCUT2D eigenvalue weighted by Crippen LogP contribution is 2.05. The van der Waals surface area contributed by atoms with E-state index in [0.29, 0.717) is 6.54 Å². The molecule has 2 rings (SSSR count). The zero-order chi connectivity index (χ0) is 12.1. The zero-order valence-corrected chi connectivity index (χ0v) is 10.6. The Morgan fingerprint density at radius 1 is 1.29 bits per heavy atom. The van der Waals surface area contributed by atoms with Crippen LogP contribution >= 0.6 is 0 Å². The van der Waals surface area contributed by atoms with Crippen molar-refractivity contribution in [2.75, 3.05) is 46.3 Å². The Morgan fingerprint density at radius 3 is 2.76 bits per heavy atom. The first kappa shape index (κ1) is 12.5. The first-order valence-corrected chi connectivity index (χ1v) is 6.32. The van der Waals surface area contributed by atoms with Crippen LogP contribution in [0.5, 0.6) is 0 Å². The van der Waals surface area contributed by atoms with E-state index in [-0.39, 0.29) is 0 Å². The number of hydrogen-bond acceptors (Lipinski definition) is 5. The molecule has 5 heteroatoms. The lowest BCUT2D eigenvalue weighted by molar-refractivity contribution is 0.153. The minimum atomic E-state index is 0.629. The molecular formula is C12H22N4O. The molecule has 1 aromatic rings. The van der Waals surface area contributed by atoms with E-state index >= 15 is 0 Å². The van der Waals surface area contributed by atoms with Gasteiger partial charge in [0, 0.05) is 45.6 Å². The predicted molar refractivity (Wildman–Crippen MR) is 66.9 cm³/mol. The van der Waals surface area contributed by atoms with E-state index in [1.54, 1.807) is 6.26 Å². The number of hydrogen-bond donors (Lipinski definition) is 1. The van der Waals surface area contributed by atoms with Crippen LogP contribution in [-0.4, -0.2) is 61.1 Å². The normalized spacial score (nSPS) is 18.7. The van der Waals surface area contributed by atoms with Gasteiger partial charge >= 0.3 is 0 Å². The summed E-state index contributed by atoms with van der Waals surface area (Å²) in [5, 5.41) is 0. The van der Waals surface area contributed by atoms with Gasteiger partial charge in [-0.15, -0.1) is 0 Å². The monoisotopic (exact) mass is 238 g/mol. The minimum Gasteiger partial charge on any atom is -0.449 e. The number of piperazine rings is 1. The Morgan fingerprint density at radius 2 is 2.06 bits per heavy atom. The molecule has 17 heavy (non-hydrogen) atoms. The Bertz CT molecular complexity index is 331. The molecule has 0 amide bonds. The second-order valence-electron chi connectivity index (χ2n) is 4.67. The van der Waals surface area contributed by atoms with Gasteiger partial charge in [-0.1, -0.05) is 0 Å². The van der Waals surface area contributed by atoms with E-state index in [2.05, 4.69) is 21.8 Å². The van der Waals surface area contributed by atoms with Crippen molar-refractivity contribution in [2.45, 2.75) is 12.8 Å². The molecule has 1 aromatic heterocycles. The number of likely N-dealkylation sites (N-methyl/N-ethyl adjacent to an activating group) is 1. The lowest BCUT2D eigenvalue weighted by Gasteiger charge is -2.31. The van der Waals surface area contributed by atoms with E-state index in [4.69, 9.17) is 10.2 Å². The second kappa shape index (κ2) is 6.14. The van der Waals surface area contributed by atoms with Crippen molar-refractivity contribution in [3.63, 3.8) is 0 Å². The Kier molecular flexibility index (Phi) is 4.53. The van der Waals surface area contributed by atoms with Crippen molar-refractivity contribution < 1.29 is 4.42 Å². The summed E-state index contributed by atoms with van der Waals surface area (Å²) in [7, 11) is 2.17. The highest BCUT2D eigenvalue weighted by molar-refractivity contribution is 4.97. The first-order valence-electron chi connectivity index (χ1n) is 6.32. The van der Waals surface area contributed by atoms with Crippen LogP contribution in [0, 0.1) is 0 Å². The van der Waals surface area contributed by atoms with Crippen LogP contribution < -0.4 is 5.73 Å². The van der Waals surface area contributed by atoms with Crippen LogP contribution in [0.15, 0.2) is 10.7 Å². The number of rotatable bonds is 5. The van der Waals surface area contributed by atoms with E-state index in [9.17, 15) is 0 Å². The summed E-state index contributed by atoms with van der Waals surface area (Å²) in [4.78, 5) is 9.24. The lowest BCUT2D eigenvalue weighted by atomic mass is 10.3. The van der Waals surface area contributed by atoms with Crippen LogP contribution in [0.1, 0.15) is 11.6 Å². The Labute approximate surface area is 103 Å². The standard InChI is InChI=1S/C12H22N4O/c1-15-6-8-16(9-7-15)5-3-12-14-11(2-4-13)10-17-12/h10H,2-9,13H2,1H3. The maximum absolute atomic E-state index is 5.48. The van der Waals surface area contributed by atoms with Gasteiger partial charge in [0.2, 0.25) is 0 Å². The third-order valence-electron chi connectivity index (χ3n) is 3.24. The molecule has 0 atom stereocenters. The zero-order valence-electron chi connectivity index (χ0n) is 10.6. The fourth-order valence-corrected chi connectivity index (χ4v) is 2.05. The molecule has 0 bridgehead atoms. The van der Waals surface area contributed by atoms with Gasteiger partial charge in [0.05, 0.1) is 5.69 Å². The summed E-state index contributed by atoms with van der Waals surface area (Å²) in [5.41, 5.74) is 6.45. The van der Waals surface area contributed by atoms with E-state index < -0.39 is 0 Å². The van der Waals surface area contributed by atoms with Crippen LogP contribution in [0.4, 0.5) is 0 Å². The third-order valence-corrected chi connectivity index (χ3v) is 3.24. The highest BCUT2D eigenvalue weighted by Gasteiger charge is 2.14. The molecule has 96 valence electrons. The van der Waals surface area contributed by atoms with Gasteiger partial charge in [-0.3, -0.25) is 0 Å². The lowest BCUT2D eigenvalue weighted by Crippen LogP contribution is -2.45. The maximum Gasteiger partial charge on any atom is 0.195 e. The fraction of sp³-hybridized carbons (Fsp3) is 0.750. The molecule has 1 fully saturated rings. The molecule has 0 spiro atoms. The van der Waals surface area contributed by atoms with Crippen molar-refractivity contribution in [3.8, 4) is 0 Å². The summed E-state index contributed by atoms with van der Waals surface area (Å²) in [6.07, 6.45) is 3.43. The quantitative estimate of drug-likeness (QED) is 0.780. The van der Waals surface area contributed by atoms with Crippen LogP contribution in [0.2, 0.25) is 0 Å². The van der Waals surface area contributed by atoms with Crippen molar-refractivity contribution in [3.05, 3.63) is 17.8 Å². The van der Waals surface area contributed by atoms with E-state index in [1.807, 2.05) is 0 Å². The molecule has 1 saturated heterocycles. The molecule has 0 radical (unpaired) electrons. The molecule has 0 saturated carbocycles. The van der Waals surface area contributed by atoms with Gasteiger partial charge in [0.25, 0.3) is 0 Å². The van der Waals surface area contributed by atoms with Crippen LogP contribution in [0.3, 0.4) is 0 Å². The Hall–Kier alpha value is -0.910. The molecule has 1 aliphatic rings. The largest absolute Gasteiger partial charge is 0.449 e. The molecule has 0 aromatic carbocycles. The van der Waals surface area contributed by atoms with Gasteiger partial charge in [0.15, 0.2) is 5.89 Å². The smallest absolute Gasteiger partial charge is 0.195 e. The summed E-state index contributed by atoms with van der Waals surface area (Å²) in [5.74, 6) is 0.840. The number of aromatic nitrogens is 1. The molecule has 5 nitrogen and oxygen atoms in total. The van der Waals surface area contributed by atoms with Crippen LogP contribution in [-0.2, 0) is 12.8 Å². The average Bonchev–Trinajstić information content (AvgIpc) is 2.77. The van der Waals surface area contributed by atoms with Crippen molar-refractivity contribution in [1.29, 1.82) is 0 Å². The highest BCUT2D eigenvalue weighted by atomic mass is 16.3. The van der Waals surface area contributed by atoms with Gasteiger partial charge in [0.1, 0.15) is 6.26 Å². The first-order chi connectivity index (χ1) is 8.28. The number of nitrogens with zero attached hydrogens (tertiary/aromatic N) is 3. The predicted octanol–water partition coefficient (Wildman–Crippen LogP) is -0.0343. The SMILES string of the molecule is CN1CCN(CCc2nc(CCN)co2)CC1. The topological polar surface area (TPSA) is 58.5 Å². The molecule has 2 heterocycles. The van der Waals surface area contributed by atoms with Crippen molar-refractivity contribution in [1.82, 2.24) is 14.8 Å². The van der Waals surface area contributed by atoms with E-state index in [0.717, 1.165) is 57.2 Å². The maximum atomic E-state index is 5.48. The molecule has 0 unspecified atom stereocenters. The van der Waals surface area contributed by atoms with Crippen molar-refractivity contribution in [2.24, 2.45) is 5.73 Å². The summed E-state index contributed by atoms with van der Waals surface area (Å²) in [6.45, 7) is 6.27. The van der Waals surface area contributed by atoms with E-state index in [1.165, 1.54) is 0 Å². The molecule has 2 N–H and O–H groups in total. The van der Waals surface area contributed by atoms with Crippen molar-refractivity contribution >= 4 is 0 Å². The summed E-state index contributed by atoms with van der Waals surface area (Å²) in [6, 6.07) is 0. The number of oxazole rings is 1. The van der Waals surface area contributed by atoms with Gasteiger partial charge in [-0.25, -0.2) is 4.98 Å². The average molecular weight is 238 g/mol. The third kappa shape index (κ3) is 3.80. The van der Waals surface area contributed by atoms with Crippen LogP contribution in [0.25, 0.3) is 0 Å². The second-order valence-corrected chi connectivity index (χ2v) is 4.67. The summed E-state index contributed by atoms with van der Waals surface area (Å²) < 4.78 is 5.43.